The van der Waals surface area contributed by atoms with Crippen LogP contribution in [0.25, 0.3) is 0 Å². The molecule has 0 aromatic heterocycles. The molecule has 7 nitrogen and oxygen atoms in total. The van der Waals surface area contributed by atoms with Crippen molar-refractivity contribution in [2.75, 3.05) is 41.0 Å². The molecule has 0 spiro atoms. The third-order valence-corrected chi connectivity index (χ3v) is 5.40. The number of hydrogen-bond acceptors (Lipinski definition) is 5. The molecule has 0 heterocycles. The van der Waals surface area contributed by atoms with E-state index < -0.39 is 18.1 Å². The van der Waals surface area contributed by atoms with Gasteiger partial charge in [-0.1, -0.05) is 51.2 Å². The van der Waals surface area contributed by atoms with E-state index >= 15 is 0 Å². The highest BCUT2D eigenvalue weighted by Crippen LogP contribution is 2.10. The van der Waals surface area contributed by atoms with Gasteiger partial charge >= 0.3 is 11.9 Å². The third kappa shape index (κ3) is 18.2. The maximum Gasteiger partial charge on any atom is 0.362 e. The average molecular weight is 459 g/mol. The minimum atomic E-state index is -0.901. The molecule has 0 aromatic rings. The molecule has 0 aliphatic heterocycles. The van der Waals surface area contributed by atoms with Crippen molar-refractivity contribution >= 4 is 11.9 Å². The fraction of sp³-hybridized carbons (Fsp3) is 0.840. The molecule has 0 aromatic carbocycles. The van der Waals surface area contributed by atoms with E-state index in [0.717, 1.165) is 25.7 Å². The Kier molecular flexibility index (Phi) is 18.2. The van der Waals surface area contributed by atoms with Crippen LogP contribution in [0, 0.1) is 0 Å². The molecule has 0 aliphatic rings. The Labute approximate surface area is 195 Å². The summed E-state index contributed by atoms with van der Waals surface area (Å²) >= 11 is 0. The Morgan fingerprint density at radius 2 is 1.50 bits per heavy atom. The summed E-state index contributed by atoms with van der Waals surface area (Å²) in [4.78, 5) is 23.1. The summed E-state index contributed by atoms with van der Waals surface area (Å²) < 4.78 is 10.8. The molecule has 2 atom stereocenters. The number of hydrogen-bond donors (Lipinski definition) is 2. The van der Waals surface area contributed by atoms with Crippen LogP contribution < -0.4 is 0 Å². The van der Waals surface area contributed by atoms with Gasteiger partial charge in [-0.25, -0.2) is 4.79 Å². The van der Waals surface area contributed by atoms with Crippen molar-refractivity contribution in [1.82, 2.24) is 0 Å². The monoisotopic (exact) mass is 458 g/mol. The number of carboxylic acid groups (broad SMARTS) is 1. The molecule has 0 saturated heterocycles. The molecular formula is C25H48NO6+. The number of ether oxygens (including phenoxy) is 2. The van der Waals surface area contributed by atoms with Crippen LogP contribution in [0.15, 0.2) is 12.2 Å². The molecule has 7 heteroatoms. The van der Waals surface area contributed by atoms with Gasteiger partial charge in [-0.2, -0.15) is 0 Å². The first-order valence-corrected chi connectivity index (χ1v) is 12.3. The summed E-state index contributed by atoms with van der Waals surface area (Å²) in [6, 6.07) is -0.572. The van der Waals surface area contributed by atoms with Crippen molar-refractivity contribution in [2.45, 2.75) is 96.1 Å². The number of nitrogens with zero attached hydrogens (tertiary/aromatic N) is 1. The number of unbranched alkanes of at least 4 members (excludes halogenated alkanes) is 8. The molecule has 2 N–H and O–H groups in total. The predicted molar refractivity (Wildman–Crippen MR) is 127 cm³/mol. The number of likely N-dealkylation sites (N-methyl/N-ethyl adjacent to an activating group) is 1. The second kappa shape index (κ2) is 19.1. The number of quaternary nitrogens is 1. The Morgan fingerprint density at radius 3 is 2.09 bits per heavy atom. The lowest BCUT2D eigenvalue weighted by Crippen LogP contribution is -2.50. The maximum atomic E-state index is 11.8. The highest BCUT2D eigenvalue weighted by atomic mass is 16.5. The van der Waals surface area contributed by atoms with Crippen molar-refractivity contribution in [3.05, 3.63) is 12.2 Å². The van der Waals surface area contributed by atoms with Gasteiger partial charge in [0.25, 0.3) is 0 Å². The average Bonchev–Trinajstić information content (AvgIpc) is 2.71. The first kappa shape index (κ1) is 30.6. The van der Waals surface area contributed by atoms with Gasteiger partial charge in [0.05, 0.1) is 34.4 Å². The van der Waals surface area contributed by atoms with Gasteiger partial charge in [0.2, 0.25) is 0 Å². The first-order valence-electron chi connectivity index (χ1n) is 12.3. The molecule has 0 aliphatic carbocycles. The zero-order valence-electron chi connectivity index (χ0n) is 20.9. The van der Waals surface area contributed by atoms with Crippen LogP contribution in [0.4, 0.5) is 0 Å². The lowest BCUT2D eigenvalue weighted by atomic mass is 10.1. The van der Waals surface area contributed by atoms with Crippen molar-refractivity contribution < 1.29 is 33.8 Å². The quantitative estimate of drug-likeness (QED) is 0.115. The molecule has 0 amide bonds. The minimum absolute atomic E-state index is 0.0177. The predicted octanol–water partition coefficient (Wildman–Crippen LogP) is 4.32. The van der Waals surface area contributed by atoms with Crippen LogP contribution in [-0.2, 0) is 19.1 Å². The van der Waals surface area contributed by atoms with E-state index in [-0.39, 0.29) is 25.8 Å². The van der Waals surface area contributed by atoms with Crippen LogP contribution >= 0.6 is 0 Å². The van der Waals surface area contributed by atoms with Gasteiger partial charge in [-0.3, -0.25) is 4.79 Å². The van der Waals surface area contributed by atoms with E-state index in [1.165, 1.54) is 38.5 Å². The number of aliphatic hydroxyl groups excluding tert-OH is 1. The summed E-state index contributed by atoms with van der Waals surface area (Å²) in [5, 5.41) is 19.1. The van der Waals surface area contributed by atoms with Crippen LogP contribution in [0.1, 0.15) is 84.0 Å². The minimum Gasteiger partial charge on any atom is -0.477 e. The van der Waals surface area contributed by atoms with Crippen molar-refractivity contribution in [3.63, 3.8) is 0 Å². The SMILES string of the molecule is CCCCC/C=C\CCCCCCCC(=O)OCC(O)COCCC(C(=O)O)[N+](C)(C)C. The molecule has 2 unspecified atom stereocenters. The van der Waals surface area contributed by atoms with Crippen molar-refractivity contribution in [2.24, 2.45) is 0 Å². The van der Waals surface area contributed by atoms with Crippen LogP contribution in [0.5, 0.6) is 0 Å². The number of esters is 1. The number of aliphatic hydroxyl groups is 1. The number of allylic oxidation sites excluding steroid dienone is 2. The maximum absolute atomic E-state index is 11.8. The van der Waals surface area contributed by atoms with Crippen LogP contribution in [0.3, 0.4) is 0 Å². The Morgan fingerprint density at radius 1 is 0.906 bits per heavy atom. The molecule has 0 saturated carbocycles. The number of aliphatic carboxylic acids is 1. The molecule has 0 radical (unpaired) electrons. The number of carboxylic acids is 1. The number of carbonyl (C=O) groups is 2. The smallest absolute Gasteiger partial charge is 0.362 e. The highest BCUT2D eigenvalue weighted by molar-refractivity contribution is 5.72. The Hall–Kier alpha value is -1.44. The zero-order chi connectivity index (χ0) is 24.2. The van der Waals surface area contributed by atoms with Gasteiger partial charge < -0.3 is 24.2 Å². The van der Waals surface area contributed by atoms with Crippen molar-refractivity contribution in [3.8, 4) is 0 Å². The van der Waals surface area contributed by atoms with E-state index in [0.29, 0.717) is 17.3 Å². The number of rotatable bonds is 21. The highest BCUT2D eigenvalue weighted by Gasteiger charge is 2.30. The third-order valence-electron chi connectivity index (χ3n) is 5.40. The number of carbonyl (C=O) groups excluding carboxylic acids is 1. The molecule has 32 heavy (non-hydrogen) atoms. The van der Waals surface area contributed by atoms with Gasteiger partial charge in [-0.05, 0) is 32.1 Å². The van der Waals surface area contributed by atoms with E-state index in [4.69, 9.17) is 9.47 Å². The van der Waals surface area contributed by atoms with Gasteiger partial charge in [0.1, 0.15) is 12.7 Å². The Bertz CT molecular complexity index is 515. The largest absolute Gasteiger partial charge is 0.477 e. The molecule has 0 fully saturated rings. The van der Waals surface area contributed by atoms with Gasteiger partial charge in [0, 0.05) is 12.8 Å². The lowest BCUT2D eigenvalue weighted by molar-refractivity contribution is -0.887. The van der Waals surface area contributed by atoms with Crippen LogP contribution in [-0.4, -0.2) is 79.7 Å². The summed E-state index contributed by atoms with van der Waals surface area (Å²) in [6.07, 6.45) is 15.9. The fourth-order valence-corrected chi connectivity index (χ4v) is 3.38. The molecule has 0 bridgehead atoms. The summed E-state index contributed by atoms with van der Waals surface area (Å²) in [5.74, 6) is -1.17. The van der Waals surface area contributed by atoms with Crippen molar-refractivity contribution in [1.29, 1.82) is 0 Å². The summed E-state index contributed by atoms with van der Waals surface area (Å²) in [6.45, 7) is 2.37. The second-order valence-electron chi connectivity index (χ2n) is 9.44. The molecule has 188 valence electrons. The van der Waals surface area contributed by atoms with Gasteiger partial charge in [-0.15, -0.1) is 0 Å². The molecular weight excluding hydrogens is 410 g/mol. The van der Waals surface area contributed by atoms with Crippen LogP contribution in [0.2, 0.25) is 0 Å². The van der Waals surface area contributed by atoms with Gasteiger partial charge in [0.15, 0.2) is 6.04 Å². The second-order valence-corrected chi connectivity index (χ2v) is 9.44. The van der Waals surface area contributed by atoms with E-state index in [2.05, 4.69) is 19.1 Å². The normalized spacial score (nSPS) is 13.9. The zero-order valence-corrected chi connectivity index (χ0v) is 20.9. The first-order chi connectivity index (χ1) is 15.2. The fourth-order valence-electron chi connectivity index (χ4n) is 3.38. The Balaban J connectivity index is 3.63. The summed E-state index contributed by atoms with van der Waals surface area (Å²) in [5.41, 5.74) is 0. The standard InChI is InChI=1S/C25H47NO6/c1-5-6-7-8-9-10-11-12-13-14-15-16-17-24(28)32-21-22(27)20-31-19-18-23(25(29)30)26(2,3)4/h9-10,22-23,27H,5-8,11-21H2,1-4H3/p+1/b10-9-. The lowest BCUT2D eigenvalue weighted by Gasteiger charge is -2.31. The van der Waals surface area contributed by atoms with E-state index in [1.807, 2.05) is 21.1 Å². The molecule has 0 rings (SSSR count). The van der Waals surface area contributed by atoms with E-state index in [1.54, 1.807) is 0 Å². The van der Waals surface area contributed by atoms with E-state index in [9.17, 15) is 19.8 Å². The topological polar surface area (TPSA) is 93.1 Å². The summed E-state index contributed by atoms with van der Waals surface area (Å²) in [7, 11) is 5.46.